The van der Waals surface area contributed by atoms with Crippen molar-refractivity contribution in [3.63, 3.8) is 0 Å². The van der Waals surface area contributed by atoms with Gasteiger partial charge in [-0.15, -0.1) is 0 Å². The lowest BCUT2D eigenvalue weighted by atomic mass is 10.1. The van der Waals surface area contributed by atoms with Gasteiger partial charge in [0.15, 0.2) is 0 Å². The molecule has 0 saturated carbocycles. The van der Waals surface area contributed by atoms with Crippen molar-refractivity contribution in [1.29, 1.82) is 0 Å². The molecule has 152 valence electrons. The summed E-state index contributed by atoms with van der Waals surface area (Å²) in [5, 5.41) is 13.5. The molecule has 0 bridgehead atoms. The molecule has 0 aromatic heterocycles. The second kappa shape index (κ2) is 8.89. The third kappa shape index (κ3) is 4.56. The van der Waals surface area contributed by atoms with E-state index in [1.54, 1.807) is 7.11 Å². The minimum Gasteiger partial charge on any atom is -0.754 e. The molecule has 0 spiro atoms. The molecule has 0 fully saturated rings. The van der Waals surface area contributed by atoms with Crippen LogP contribution < -0.4 is 14.5 Å². The fraction of sp³-hybridized carbons (Fsp3) is 0.154. The van der Waals surface area contributed by atoms with Gasteiger partial charge in [-0.05, 0) is 66.6 Å². The van der Waals surface area contributed by atoms with Crippen LogP contribution in [0.15, 0.2) is 96.7 Å². The normalized spacial score (nSPS) is 15.4. The van der Waals surface area contributed by atoms with Gasteiger partial charge in [-0.2, -0.15) is 0 Å². The average molecular weight is 398 g/mol. The molecule has 0 aliphatic heterocycles. The average Bonchev–Trinajstić information content (AvgIpc) is 2.80. The van der Waals surface area contributed by atoms with Crippen LogP contribution in [0.4, 0.5) is 5.69 Å². The SMILES string of the molecule is COc1ccc(-c2ccc(OC3C=CC(N([O-])c4ccc(C)cc4)=CC3)cc2)cc1. The molecule has 3 aromatic carbocycles. The summed E-state index contributed by atoms with van der Waals surface area (Å²) in [6.07, 6.45) is 6.24. The Kier molecular flexibility index (Phi) is 5.87. The first kappa shape index (κ1) is 19.8. The molecule has 0 amide bonds. The molecule has 0 heterocycles. The Hall–Kier alpha value is -3.50. The highest BCUT2D eigenvalue weighted by atomic mass is 16.5. The number of allylic oxidation sites excluding steroid dienone is 1. The van der Waals surface area contributed by atoms with Gasteiger partial charge in [0.2, 0.25) is 0 Å². The Morgan fingerprint density at radius 3 is 1.97 bits per heavy atom. The van der Waals surface area contributed by atoms with E-state index in [1.807, 2.05) is 97.9 Å². The molecular formula is C26H24NO3-. The molecule has 4 heteroatoms. The highest BCUT2D eigenvalue weighted by Gasteiger charge is 2.12. The van der Waals surface area contributed by atoms with Gasteiger partial charge in [0.1, 0.15) is 17.6 Å². The fourth-order valence-electron chi connectivity index (χ4n) is 3.34. The summed E-state index contributed by atoms with van der Waals surface area (Å²) < 4.78 is 11.3. The predicted octanol–water partition coefficient (Wildman–Crippen LogP) is 6.27. The maximum Gasteiger partial charge on any atom is 0.121 e. The van der Waals surface area contributed by atoms with Crippen LogP contribution in [0.2, 0.25) is 0 Å². The van der Waals surface area contributed by atoms with Gasteiger partial charge in [-0.25, -0.2) is 0 Å². The number of hydrogen-bond donors (Lipinski definition) is 0. The summed E-state index contributed by atoms with van der Waals surface area (Å²) in [5.74, 6) is 1.64. The van der Waals surface area contributed by atoms with Crippen LogP contribution in [-0.4, -0.2) is 13.2 Å². The largest absolute Gasteiger partial charge is 0.754 e. The number of ether oxygens (including phenoxy) is 2. The quantitative estimate of drug-likeness (QED) is 0.459. The second-order valence-electron chi connectivity index (χ2n) is 7.26. The minimum absolute atomic E-state index is 0.0907. The maximum absolute atomic E-state index is 12.5. The maximum atomic E-state index is 12.5. The highest BCUT2D eigenvalue weighted by molar-refractivity contribution is 5.65. The lowest BCUT2D eigenvalue weighted by molar-refractivity contribution is 0.251. The zero-order chi connectivity index (χ0) is 20.9. The van der Waals surface area contributed by atoms with E-state index in [1.165, 1.54) is 0 Å². The predicted molar refractivity (Wildman–Crippen MR) is 122 cm³/mol. The summed E-state index contributed by atoms with van der Waals surface area (Å²) in [6.45, 7) is 2.00. The number of methoxy groups -OCH3 is 1. The third-order valence-electron chi connectivity index (χ3n) is 5.11. The number of aryl methyl sites for hydroxylation is 1. The monoisotopic (exact) mass is 398 g/mol. The van der Waals surface area contributed by atoms with E-state index < -0.39 is 0 Å². The van der Waals surface area contributed by atoms with Gasteiger partial charge < -0.3 is 19.7 Å². The van der Waals surface area contributed by atoms with Crippen LogP contribution in [0.5, 0.6) is 11.5 Å². The van der Waals surface area contributed by atoms with Crippen LogP contribution in [0.25, 0.3) is 11.1 Å². The highest BCUT2D eigenvalue weighted by Crippen LogP contribution is 2.27. The Morgan fingerprint density at radius 2 is 1.43 bits per heavy atom. The molecule has 1 unspecified atom stereocenters. The Labute approximate surface area is 177 Å². The van der Waals surface area contributed by atoms with Crippen molar-refractivity contribution in [2.24, 2.45) is 0 Å². The third-order valence-corrected chi connectivity index (χ3v) is 5.11. The van der Waals surface area contributed by atoms with Gasteiger partial charge in [-0.3, -0.25) is 0 Å². The number of hydroxylamine groups is 1. The van der Waals surface area contributed by atoms with Crippen LogP contribution >= 0.6 is 0 Å². The zero-order valence-electron chi connectivity index (χ0n) is 17.1. The van der Waals surface area contributed by atoms with Crippen molar-refractivity contribution < 1.29 is 9.47 Å². The molecule has 1 aliphatic carbocycles. The van der Waals surface area contributed by atoms with E-state index in [2.05, 4.69) is 0 Å². The second-order valence-corrected chi connectivity index (χ2v) is 7.26. The summed E-state index contributed by atoms with van der Waals surface area (Å²) in [5.41, 5.74) is 4.64. The standard InChI is InChI=1S/C26H24NO3/c1-19-3-9-22(10-4-19)27(28)23-11-17-26(18-12-23)30-25-15-7-21(8-16-25)20-5-13-24(29-2)14-6-20/h3-17,26H,18H2,1-2H3/q-1. The Bertz CT molecular complexity index is 1040. The Balaban J connectivity index is 1.36. The topological polar surface area (TPSA) is 44.8 Å². The van der Waals surface area contributed by atoms with E-state index in [-0.39, 0.29) is 6.10 Å². The van der Waals surface area contributed by atoms with Crippen LogP contribution in [0.3, 0.4) is 0 Å². The van der Waals surface area contributed by atoms with Crippen molar-refractivity contribution in [1.82, 2.24) is 0 Å². The van der Waals surface area contributed by atoms with Gasteiger partial charge >= 0.3 is 0 Å². The van der Waals surface area contributed by atoms with E-state index in [4.69, 9.17) is 9.47 Å². The summed E-state index contributed by atoms with van der Waals surface area (Å²) in [6, 6.07) is 23.6. The van der Waals surface area contributed by atoms with Crippen molar-refractivity contribution >= 4 is 5.69 Å². The van der Waals surface area contributed by atoms with Gasteiger partial charge in [0.25, 0.3) is 0 Å². The van der Waals surface area contributed by atoms with Gasteiger partial charge in [-0.1, -0.05) is 48.0 Å². The van der Waals surface area contributed by atoms with Crippen molar-refractivity contribution in [3.8, 4) is 22.6 Å². The van der Waals surface area contributed by atoms with Crippen molar-refractivity contribution in [3.05, 3.63) is 107 Å². The summed E-state index contributed by atoms with van der Waals surface area (Å²) in [7, 11) is 1.66. The molecule has 4 nitrogen and oxygen atoms in total. The number of anilines is 1. The van der Waals surface area contributed by atoms with Gasteiger partial charge in [0.05, 0.1) is 7.11 Å². The molecule has 0 saturated heterocycles. The number of rotatable bonds is 6. The molecule has 4 rings (SSSR count). The van der Waals surface area contributed by atoms with Crippen LogP contribution in [0.1, 0.15) is 12.0 Å². The minimum atomic E-state index is -0.0907. The number of hydrogen-bond acceptors (Lipinski definition) is 4. The van der Waals surface area contributed by atoms with Crippen LogP contribution in [-0.2, 0) is 0 Å². The van der Waals surface area contributed by atoms with E-state index in [9.17, 15) is 5.21 Å². The van der Waals surface area contributed by atoms with Crippen molar-refractivity contribution in [2.75, 3.05) is 12.2 Å². The first-order chi connectivity index (χ1) is 14.6. The number of nitrogens with zero attached hydrogens (tertiary/aromatic N) is 1. The zero-order valence-corrected chi connectivity index (χ0v) is 17.1. The lowest BCUT2D eigenvalue weighted by Crippen LogP contribution is -2.20. The molecular weight excluding hydrogens is 374 g/mol. The first-order valence-electron chi connectivity index (χ1n) is 9.96. The number of benzene rings is 3. The Morgan fingerprint density at radius 1 is 0.833 bits per heavy atom. The molecule has 0 radical (unpaired) electrons. The smallest absolute Gasteiger partial charge is 0.121 e. The molecule has 30 heavy (non-hydrogen) atoms. The summed E-state index contributed by atoms with van der Waals surface area (Å²) >= 11 is 0. The van der Waals surface area contributed by atoms with E-state index in [0.717, 1.165) is 33.3 Å². The summed E-state index contributed by atoms with van der Waals surface area (Å²) in [4.78, 5) is 0. The lowest BCUT2D eigenvalue weighted by Gasteiger charge is -2.33. The van der Waals surface area contributed by atoms with Gasteiger partial charge in [0, 0.05) is 17.8 Å². The fourth-order valence-corrected chi connectivity index (χ4v) is 3.34. The molecule has 1 atom stereocenters. The van der Waals surface area contributed by atoms with E-state index >= 15 is 0 Å². The first-order valence-corrected chi connectivity index (χ1v) is 9.96. The van der Waals surface area contributed by atoms with E-state index in [0.29, 0.717) is 17.8 Å². The molecule has 1 aliphatic rings. The molecule has 0 N–H and O–H groups in total. The van der Waals surface area contributed by atoms with Crippen molar-refractivity contribution in [2.45, 2.75) is 19.4 Å². The van der Waals surface area contributed by atoms with Crippen LogP contribution in [0, 0.1) is 12.1 Å². The molecule has 3 aromatic rings.